The Labute approximate surface area is 103 Å². The van der Waals surface area contributed by atoms with Crippen LogP contribution >= 0.6 is 0 Å². The molecule has 0 atom stereocenters. The first-order chi connectivity index (χ1) is 8.42. The molecular formula is C7H5F3N2O6S. The van der Waals surface area contributed by atoms with E-state index in [0.717, 1.165) is 0 Å². The van der Waals surface area contributed by atoms with Crippen molar-refractivity contribution in [2.75, 3.05) is 5.73 Å². The predicted molar refractivity (Wildman–Crippen MR) is 54.7 cm³/mol. The Kier molecular flexibility index (Phi) is 3.58. The van der Waals surface area contributed by atoms with E-state index in [1.165, 1.54) is 0 Å². The molecule has 0 aromatic heterocycles. The zero-order chi connectivity index (χ0) is 15.0. The molecule has 0 aliphatic carbocycles. The summed E-state index contributed by atoms with van der Waals surface area (Å²) in [6.07, 6.45) is -5.06. The second kappa shape index (κ2) is 4.55. The summed E-state index contributed by atoms with van der Waals surface area (Å²) in [5, 5.41) is 10.5. The lowest BCUT2D eigenvalue weighted by molar-refractivity contribution is -0.388. The first kappa shape index (κ1) is 15.0. The predicted octanol–water partition coefficient (Wildman–Crippen LogP) is 1.38. The maximum absolute atomic E-state index is 12.5. The van der Waals surface area contributed by atoms with Crippen molar-refractivity contribution >= 4 is 21.8 Å². The van der Waals surface area contributed by atoms with Crippen LogP contribution in [-0.4, -0.2) is 17.9 Å². The maximum atomic E-state index is 12.5. The molecule has 0 radical (unpaired) electrons. The van der Waals surface area contributed by atoms with E-state index < -0.39 is 44.2 Å². The highest BCUT2D eigenvalue weighted by atomic mass is 32.3. The van der Waals surface area contributed by atoms with E-state index >= 15 is 0 Å². The fraction of sp³-hybridized carbons (Fsp3) is 0.143. The van der Waals surface area contributed by atoms with E-state index in [2.05, 4.69) is 4.18 Å². The Balaban J connectivity index is 3.50. The molecule has 0 saturated heterocycles. The zero-order valence-corrected chi connectivity index (χ0v) is 9.53. The van der Waals surface area contributed by atoms with Gasteiger partial charge in [0.15, 0.2) is 5.75 Å². The molecule has 0 heterocycles. The molecule has 1 rings (SSSR count). The average Bonchev–Trinajstić information content (AvgIpc) is 2.16. The molecule has 0 aliphatic heterocycles. The van der Waals surface area contributed by atoms with Gasteiger partial charge in [-0.05, 0) is 6.07 Å². The Bertz CT molecular complexity index is 626. The molecule has 0 aliphatic rings. The Morgan fingerprint density at radius 3 is 2.26 bits per heavy atom. The second-order valence-corrected chi connectivity index (χ2v) is 4.20. The number of hydrogen-bond acceptors (Lipinski definition) is 6. The lowest BCUT2D eigenvalue weighted by Gasteiger charge is -2.10. The number of nitrogens with zero attached hydrogens (tertiary/aromatic N) is 1. The summed E-state index contributed by atoms with van der Waals surface area (Å²) in [6, 6.07) is 0.296. The number of benzene rings is 1. The number of nitro groups is 1. The second-order valence-electron chi connectivity index (χ2n) is 3.17. The molecule has 1 aromatic carbocycles. The minimum absolute atomic E-state index is 0.138. The number of alkyl halides is 3. The van der Waals surface area contributed by atoms with E-state index in [9.17, 15) is 31.7 Å². The monoisotopic (exact) mass is 302 g/mol. The van der Waals surface area contributed by atoms with Crippen LogP contribution in [0.15, 0.2) is 12.1 Å². The number of halogens is 3. The first-order valence-electron chi connectivity index (χ1n) is 4.24. The van der Waals surface area contributed by atoms with Crippen LogP contribution < -0.4 is 9.92 Å². The van der Waals surface area contributed by atoms with Gasteiger partial charge in [0.2, 0.25) is 0 Å². The molecule has 3 N–H and O–H groups in total. The van der Waals surface area contributed by atoms with E-state index in [1.54, 1.807) is 0 Å². The van der Waals surface area contributed by atoms with Gasteiger partial charge in [0.1, 0.15) is 5.56 Å². The normalized spacial score (nSPS) is 12.2. The Hall–Kier alpha value is -2.08. The van der Waals surface area contributed by atoms with Crippen LogP contribution in [0, 0.1) is 10.1 Å². The fourth-order valence-electron chi connectivity index (χ4n) is 1.15. The van der Waals surface area contributed by atoms with Crippen LogP contribution in [0.4, 0.5) is 24.5 Å². The number of nitrogens with two attached hydrogens (primary N) is 1. The van der Waals surface area contributed by atoms with Gasteiger partial charge in [-0.2, -0.15) is 21.6 Å². The van der Waals surface area contributed by atoms with Crippen LogP contribution in [0.1, 0.15) is 5.56 Å². The lowest BCUT2D eigenvalue weighted by Crippen LogP contribution is -2.13. The third-order valence-corrected chi connectivity index (χ3v) is 2.22. The van der Waals surface area contributed by atoms with Gasteiger partial charge in [-0.25, -0.2) is 0 Å². The van der Waals surface area contributed by atoms with Crippen LogP contribution in [0.5, 0.6) is 5.75 Å². The summed E-state index contributed by atoms with van der Waals surface area (Å²) >= 11 is 0. The van der Waals surface area contributed by atoms with Gasteiger partial charge in [0, 0.05) is 0 Å². The van der Waals surface area contributed by atoms with E-state index in [-0.39, 0.29) is 12.1 Å². The number of rotatable bonds is 3. The van der Waals surface area contributed by atoms with E-state index in [4.69, 9.17) is 10.3 Å². The molecule has 0 amide bonds. The van der Waals surface area contributed by atoms with Gasteiger partial charge >= 0.3 is 16.6 Å². The molecule has 0 fully saturated rings. The van der Waals surface area contributed by atoms with E-state index in [0.29, 0.717) is 0 Å². The molecule has 106 valence electrons. The van der Waals surface area contributed by atoms with Gasteiger partial charge in [0.25, 0.3) is 5.69 Å². The number of hydrogen-bond donors (Lipinski definition) is 2. The highest BCUT2D eigenvalue weighted by molar-refractivity contribution is 7.81. The highest BCUT2D eigenvalue weighted by Gasteiger charge is 2.39. The molecule has 8 nitrogen and oxygen atoms in total. The molecule has 0 unspecified atom stereocenters. The van der Waals surface area contributed by atoms with Crippen molar-refractivity contribution in [3.8, 4) is 5.75 Å². The van der Waals surface area contributed by atoms with E-state index in [1.807, 2.05) is 0 Å². The average molecular weight is 302 g/mol. The Morgan fingerprint density at radius 1 is 1.37 bits per heavy atom. The van der Waals surface area contributed by atoms with Crippen LogP contribution in [-0.2, 0) is 16.6 Å². The van der Waals surface area contributed by atoms with Crippen molar-refractivity contribution in [1.82, 2.24) is 0 Å². The molecule has 0 saturated carbocycles. The molecule has 0 bridgehead atoms. The quantitative estimate of drug-likeness (QED) is 0.373. The van der Waals surface area contributed by atoms with Crippen molar-refractivity contribution in [2.24, 2.45) is 0 Å². The Morgan fingerprint density at radius 2 is 1.89 bits per heavy atom. The fourth-order valence-corrected chi connectivity index (χ4v) is 1.52. The number of nitro benzene ring substituents is 1. The van der Waals surface area contributed by atoms with Crippen molar-refractivity contribution < 1.29 is 35.2 Å². The van der Waals surface area contributed by atoms with Gasteiger partial charge in [-0.1, -0.05) is 0 Å². The minimum Gasteiger partial charge on any atom is -0.396 e. The van der Waals surface area contributed by atoms with Crippen LogP contribution in [0.25, 0.3) is 0 Å². The standard InChI is InChI=1S/C7H5F3N2O6S/c8-7(9,10)3-1-4(11)6(18-19(15,16)17)2-5(3)12(13)14/h1-2H,11H2,(H,15,16,17). The topological polar surface area (TPSA) is 133 Å². The summed E-state index contributed by atoms with van der Waals surface area (Å²) < 4.78 is 70.5. The molecular weight excluding hydrogens is 297 g/mol. The first-order valence-corrected chi connectivity index (χ1v) is 5.60. The summed E-state index contributed by atoms with van der Waals surface area (Å²) in [5.74, 6) is -0.984. The van der Waals surface area contributed by atoms with Crippen molar-refractivity contribution in [3.63, 3.8) is 0 Å². The molecule has 0 spiro atoms. The lowest BCUT2D eigenvalue weighted by atomic mass is 10.1. The van der Waals surface area contributed by atoms with Gasteiger partial charge in [0.05, 0.1) is 16.7 Å². The van der Waals surface area contributed by atoms with Crippen molar-refractivity contribution in [2.45, 2.75) is 6.18 Å². The smallest absolute Gasteiger partial charge is 0.396 e. The van der Waals surface area contributed by atoms with Gasteiger partial charge in [-0.15, -0.1) is 0 Å². The maximum Gasteiger partial charge on any atom is 0.446 e. The highest BCUT2D eigenvalue weighted by Crippen LogP contribution is 2.40. The molecule has 1 aromatic rings. The summed E-state index contributed by atoms with van der Waals surface area (Å²) in [4.78, 5) is 9.11. The summed E-state index contributed by atoms with van der Waals surface area (Å²) in [5.41, 5.74) is 1.11. The summed E-state index contributed by atoms with van der Waals surface area (Å²) in [6.45, 7) is 0. The third-order valence-electron chi connectivity index (χ3n) is 1.83. The number of nitrogen functional groups attached to an aromatic ring is 1. The number of anilines is 1. The largest absolute Gasteiger partial charge is 0.446 e. The summed E-state index contributed by atoms with van der Waals surface area (Å²) in [7, 11) is -5.07. The molecule has 19 heavy (non-hydrogen) atoms. The van der Waals surface area contributed by atoms with Crippen LogP contribution in [0.2, 0.25) is 0 Å². The molecule has 12 heteroatoms. The van der Waals surface area contributed by atoms with Crippen molar-refractivity contribution in [1.29, 1.82) is 0 Å². The third kappa shape index (κ3) is 3.69. The van der Waals surface area contributed by atoms with Crippen molar-refractivity contribution in [3.05, 3.63) is 27.8 Å². The minimum atomic E-state index is -5.07. The zero-order valence-electron chi connectivity index (χ0n) is 8.71. The van der Waals surface area contributed by atoms with Gasteiger partial charge < -0.3 is 9.92 Å². The van der Waals surface area contributed by atoms with Gasteiger partial charge in [-0.3, -0.25) is 14.7 Å². The van der Waals surface area contributed by atoms with Crippen LogP contribution in [0.3, 0.4) is 0 Å². The SMILES string of the molecule is Nc1cc(C(F)(F)F)c([N+](=O)[O-])cc1OS(=O)(=O)O.